The largest absolute Gasteiger partial charge is 0.494 e. The highest BCUT2D eigenvalue weighted by Gasteiger charge is 2.11. The van der Waals surface area contributed by atoms with E-state index in [9.17, 15) is 4.39 Å². The van der Waals surface area contributed by atoms with Gasteiger partial charge in [0.2, 0.25) is 0 Å². The Hall–Kier alpha value is -1.74. The zero-order chi connectivity index (χ0) is 15.4. The number of aryl methyl sites for hydroxylation is 1. The van der Waals surface area contributed by atoms with Crippen molar-refractivity contribution in [1.82, 2.24) is 0 Å². The molecule has 1 N–H and O–H groups in total. The molecule has 2 aromatic rings. The molecule has 1 unspecified atom stereocenters. The summed E-state index contributed by atoms with van der Waals surface area (Å²) in [6, 6.07) is 10.3. The molecule has 0 spiro atoms. The van der Waals surface area contributed by atoms with Crippen LogP contribution in [-0.4, -0.2) is 6.61 Å². The Morgan fingerprint density at radius 2 is 2.00 bits per heavy atom. The van der Waals surface area contributed by atoms with Crippen molar-refractivity contribution in [3.63, 3.8) is 0 Å². The zero-order valence-corrected chi connectivity index (χ0v) is 13.2. The smallest absolute Gasteiger partial charge is 0.124 e. The molecule has 1 atom stereocenters. The molecule has 2 nitrogen and oxygen atoms in total. The second kappa shape index (κ2) is 6.81. The lowest BCUT2D eigenvalue weighted by Gasteiger charge is -2.19. The van der Waals surface area contributed by atoms with Gasteiger partial charge in [-0.25, -0.2) is 4.39 Å². The summed E-state index contributed by atoms with van der Waals surface area (Å²) in [5.74, 6) is 0.529. The van der Waals surface area contributed by atoms with Crippen LogP contribution >= 0.6 is 11.6 Å². The summed E-state index contributed by atoms with van der Waals surface area (Å²) in [5, 5.41) is 3.82. The van der Waals surface area contributed by atoms with Crippen LogP contribution in [0.2, 0.25) is 5.02 Å². The van der Waals surface area contributed by atoms with Crippen molar-refractivity contribution >= 4 is 17.3 Å². The predicted molar refractivity (Wildman–Crippen MR) is 85.8 cm³/mol. The van der Waals surface area contributed by atoms with Gasteiger partial charge in [-0.3, -0.25) is 0 Å². The lowest BCUT2D eigenvalue weighted by atomic mass is 10.1. The summed E-state index contributed by atoms with van der Waals surface area (Å²) in [6.45, 7) is 6.62. The lowest BCUT2D eigenvalue weighted by Crippen LogP contribution is -2.08. The fourth-order valence-corrected chi connectivity index (χ4v) is 2.55. The van der Waals surface area contributed by atoms with E-state index in [1.807, 2.05) is 39.0 Å². The summed E-state index contributed by atoms with van der Waals surface area (Å²) in [7, 11) is 0. The summed E-state index contributed by atoms with van der Waals surface area (Å²) in [6.07, 6.45) is 0. The topological polar surface area (TPSA) is 21.3 Å². The molecular formula is C17H19ClFNO. The van der Waals surface area contributed by atoms with Crippen LogP contribution < -0.4 is 10.1 Å². The minimum atomic E-state index is -0.326. The molecule has 2 aromatic carbocycles. The van der Waals surface area contributed by atoms with Crippen LogP contribution in [0.15, 0.2) is 36.4 Å². The molecular weight excluding hydrogens is 289 g/mol. The van der Waals surface area contributed by atoms with Gasteiger partial charge in [-0.15, -0.1) is 0 Å². The number of hydrogen-bond acceptors (Lipinski definition) is 2. The molecule has 4 heteroatoms. The van der Waals surface area contributed by atoms with Crippen LogP contribution in [0.1, 0.15) is 31.0 Å². The van der Waals surface area contributed by atoms with E-state index in [1.165, 1.54) is 12.1 Å². The van der Waals surface area contributed by atoms with E-state index in [1.54, 1.807) is 6.07 Å². The van der Waals surface area contributed by atoms with Gasteiger partial charge in [0, 0.05) is 10.7 Å². The SMILES string of the molecule is CCOc1ccc(NC(C)c2ccc(F)cc2Cl)c(C)c1. The van der Waals surface area contributed by atoms with Gasteiger partial charge < -0.3 is 10.1 Å². The standard InChI is InChI=1S/C17H19ClFNO/c1-4-21-14-6-8-17(11(2)9-14)20-12(3)15-7-5-13(19)10-16(15)18/h5-10,12,20H,4H2,1-3H3. The third-order valence-electron chi connectivity index (χ3n) is 3.31. The molecule has 2 rings (SSSR count). The third-order valence-corrected chi connectivity index (χ3v) is 3.64. The first-order valence-corrected chi connectivity index (χ1v) is 7.34. The Morgan fingerprint density at radius 1 is 1.24 bits per heavy atom. The van der Waals surface area contributed by atoms with Crippen molar-refractivity contribution in [2.24, 2.45) is 0 Å². The Kier molecular flexibility index (Phi) is 5.07. The molecule has 0 aliphatic carbocycles. The fraction of sp³-hybridized carbons (Fsp3) is 0.294. The van der Waals surface area contributed by atoms with Gasteiger partial charge in [0.15, 0.2) is 0 Å². The average molecular weight is 308 g/mol. The van der Waals surface area contributed by atoms with Gasteiger partial charge in [0.25, 0.3) is 0 Å². The van der Waals surface area contributed by atoms with Gasteiger partial charge in [0.05, 0.1) is 12.6 Å². The van der Waals surface area contributed by atoms with Gasteiger partial charge in [-0.1, -0.05) is 17.7 Å². The molecule has 0 heterocycles. The molecule has 0 saturated carbocycles. The number of nitrogens with one attached hydrogen (secondary N) is 1. The first kappa shape index (κ1) is 15.6. The Balaban J connectivity index is 2.17. The zero-order valence-electron chi connectivity index (χ0n) is 12.4. The molecule has 0 aromatic heterocycles. The van der Waals surface area contributed by atoms with Crippen molar-refractivity contribution in [2.45, 2.75) is 26.8 Å². The first-order valence-electron chi connectivity index (χ1n) is 6.96. The maximum atomic E-state index is 13.1. The van der Waals surface area contributed by atoms with E-state index in [4.69, 9.17) is 16.3 Å². The average Bonchev–Trinajstić information content (AvgIpc) is 2.42. The molecule has 21 heavy (non-hydrogen) atoms. The van der Waals surface area contributed by atoms with Crippen LogP contribution in [0.3, 0.4) is 0 Å². The van der Waals surface area contributed by atoms with Gasteiger partial charge >= 0.3 is 0 Å². The number of rotatable bonds is 5. The summed E-state index contributed by atoms with van der Waals surface area (Å²) in [4.78, 5) is 0. The second-order valence-corrected chi connectivity index (χ2v) is 5.35. The first-order chi connectivity index (χ1) is 10.0. The van der Waals surface area contributed by atoms with Crippen molar-refractivity contribution in [3.8, 4) is 5.75 Å². The van der Waals surface area contributed by atoms with Crippen molar-refractivity contribution in [1.29, 1.82) is 0 Å². The number of halogens is 2. The lowest BCUT2D eigenvalue weighted by molar-refractivity contribution is 0.340. The Morgan fingerprint density at radius 3 is 2.62 bits per heavy atom. The van der Waals surface area contributed by atoms with Crippen LogP contribution in [0.4, 0.5) is 10.1 Å². The third kappa shape index (κ3) is 3.88. The number of benzene rings is 2. The minimum Gasteiger partial charge on any atom is -0.494 e. The molecule has 0 aliphatic heterocycles. The van der Waals surface area contributed by atoms with E-state index < -0.39 is 0 Å². The highest BCUT2D eigenvalue weighted by molar-refractivity contribution is 6.31. The highest BCUT2D eigenvalue weighted by atomic mass is 35.5. The monoisotopic (exact) mass is 307 g/mol. The number of ether oxygens (including phenoxy) is 1. The Bertz CT molecular complexity index is 630. The second-order valence-electron chi connectivity index (χ2n) is 4.94. The van der Waals surface area contributed by atoms with Crippen LogP contribution in [0, 0.1) is 12.7 Å². The molecule has 0 fully saturated rings. The predicted octanol–water partition coefficient (Wildman–Crippen LogP) is 5.36. The van der Waals surface area contributed by atoms with Gasteiger partial charge in [-0.05, 0) is 62.2 Å². The van der Waals surface area contributed by atoms with E-state index in [-0.39, 0.29) is 11.9 Å². The molecule has 112 valence electrons. The molecule has 0 radical (unpaired) electrons. The van der Waals surface area contributed by atoms with Gasteiger partial charge in [0.1, 0.15) is 11.6 Å². The van der Waals surface area contributed by atoms with Crippen LogP contribution in [0.25, 0.3) is 0 Å². The normalized spacial score (nSPS) is 12.0. The summed E-state index contributed by atoms with van der Waals surface area (Å²) >= 11 is 6.10. The van der Waals surface area contributed by atoms with E-state index in [0.29, 0.717) is 11.6 Å². The molecule has 0 saturated heterocycles. The van der Waals surface area contributed by atoms with E-state index in [0.717, 1.165) is 22.6 Å². The summed E-state index contributed by atoms with van der Waals surface area (Å²) < 4.78 is 18.6. The van der Waals surface area contributed by atoms with Crippen LogP contribution in [0.5, 0.6) is 5.75 Å². The van der Waals surface area contributed by atoms with Crippen molar-refractivity contribution < 1.29 is 9.13 Å². The van der Waals surface area contributed by atoms with Gasteiger partial charge in [-0.2, -0.15) is 0 Å². The Labute approximate surface area is 129 Å². The fourth-order valence-electron chi connectivity index (χ4n) is 2.22. The maximum Gasteiger partial charge on any atom is 0.124 e. The maximum absolute atomic E-state index is 13.1. The van der Waals surface area contributed by atoms with E-state index >= 15 is 0 Å². The van der Waals surface area contributed by atoms with Crippen molar-refractivity contribution in [3.05, 3.63) is 58.4 Å². The summed E-state index contributed by atoms with van der Waals surface area (Å²) in [5.41, 5.74) is 2.96. The van der Waals surface area contributed by atoms with E-state index in [2.05, 4.69) is 5.32 Å². The highest BCUT2D eigenvalue weighted by Crippen LogP contribution is 2.29. The number of hydrogen-bond donors (Lipinski definition) is 1. The molecule has 0 aliphatic rings. The van der Waals surface area contributed by atoms with Crippen molar-refractivity contribution in [2.75, 3.05) is 11.9 Å². The minimum absolute atomic E-state index is 0.0188. The quantitative estimate of drug-likeness (QED) is 0.803. The van der Waals surface area contributed by atoms with Crippen LogP contribution in [-0.2, 0) is 0 Å². The number of anilines is 1. The molecule has 0 bridgehead atoms. The molecule has 0 amide bonds.